The van der Waals surface area contributed by atoms with E-state index in [0.717, 1.165) is 18.5 Å². The van der Waals surface area contributed by atoms with Crippen LogP contribution in [0.2, 0.25) is 0 Å². The van der Waals surface area contributed by atoms with Crippen molar-refractivity contribution < 1.29 is 27.0 Å². The van der Waals surface area contributed by atoms with E-state index in [4.69, 9.17) is 4.98 Å². The fourth-order valence-electron chi connectivity index (χ4n) is 3.86. The van der Waals surface area contributed by atoms with E-state index < -0.39 is 13.2 Å². The Morgan fingerprint density at radius 3 is 1.91 bits per heavy atom. The minimum atomic E-state index is -2.96. The smallest absolute Gasteiger partial charge is 0.387 e. The number of ether oxygens (including phenoxy) is 2. The van der Waals surface area contributed by atoms with Crippen molar-refractivity contribution in [1.82, 2.24) is 9.38 Å². The molecule has 0 saturated heterocycles. The molecule has 5 rings (SSSR count). The third-order valence-corrected chi connectivity index (χ3v) is 5.60. The molecule has 0 spiro atoms. The van der Waals surface area contributed by atoms with Gasteiger partial charge in [0.25, 0.3) is 0 Å². The summed E-state index contributed by atoms with van der Waals surface area (Å²) in [6, 6.07) is 13.5. The minimum Gasteiger partial charge on any atom is -0.435 e. The fraction of sp³-hybridized carbons (Fsp3) is 0.200. The van der Waals surface area contributed by atoms with E-state index in [0.29, 0.717) is 33.8 Å². The molecular formula is C25H18F4N2O3. The lowest BCUT2D eigenvalue weighted by Gasteiger charge is -2.13. The maximum atomic E-state index is 13.7. The number of rotatable bonds is 7. The molecule has 2 aromatic carbocycles. The molecule has 1 saturated carbocycles. The topological polar surface area (TPSA) is 52.8 Å². The van der Waals surface area contributed by atoms with Gasteiger partial charge in [0.1, 0.15) is 17.1 Å². The van der Waals surface area contributed by atoms with E-state index in [9.17, 15) is 22.4 Å². The number of pyridine rings is 1. The Hall–Kier alpha value is -3.88. The SMILES string of the molecule is O=c1c(-c2ccc(OC(F)F)cc2)cn2ccc(C3CC3)nc2c1-c1ccc(OC(F)F)cc1. The van der Waals surface area contributed by atoms with Crippen molar-refractivity contribution >= 4 is 5.65 Å². The summed E-state index contributed by atoms with van der Waals surface area (Å²) in [7, 11) is 0. The maximum Gasteiger partial charge on any atom is 0.387 e. The number of hydrogen-bond donors (Lipinski definition) is 0. The van der Waals surface area contributed by atoms with Gasteiger partial charge in [0.15, 0.2) is 5.43 Å². The lowest BCUT2D eigenvalue weighted by Crippen LogP contribution is -2.13. The second kappa shape index (κ2) is 8.81. The second-order valence-electron chi connectivity index (χ2n) is 7.91. The molecule has 2 aromatic heterocycles. The first-order valence-electron chi connectivity index (χ1n) is 10.6. The first-order chi connectivity index (χ1) is 16.4. The fourth-order valence-corrected chi connectivity index (χ4v) is 3.86. The van der Waals surface area contributed by atoms with Crippen molar-refractivity contribution in [2.24, 2.45) is 0 Å². The number of alkyl halides is 4. The van der Waals surface area contributed by atoms with E-state index in [1.165, 1.54) is 48.5 Å². The van der Waals surface area contributed by atoms with E-state index in [1.54, 1.807) is 10.6 Å². The van der Waals surface area contributed by atoms with Gasteiger partial charge in [-0.05, 0) is 54.3 Å². The number of halogens is 4. The summed E-state index contributed by atoms with van der Waals surface area (Å²) >= 11 is 0. The van der Waals surface area contributed by atoms with Crippen LogP contribution in [-0.2, 0) is 0 Å². The molecule has 0 N–H and O–H groups in total. The summed E-state index contributed by atoms with van der Waals surface area (Å²) in [4.78, 5) is 18.4. The van der Waals surface area contributed by atoms with Gasteiger partial charge in [0.05, 0.1) is 5.56 Å². The summed E-state index contributed by atoms with van der Waals surface area (Å²) in [6.07, 6.45) is 5.54. The Bertz CT molecular complexity index is 1380. The van der Waals surface area contributed by atoms with Crippen LogP contribution in [0, 0.1) is 0 Å². The number of nitrogens with zero attached hydrogens (tertiary/aromatic N) is 2. The summed E-state index contributed by atoms with van der Waals surface area (Å²) in [5.41, 5.74) is 2.63. The third kappa shape index (κ3) is 4.46. The number of aromatic nitrogens is 2. The highest BCUT2D eigenvalue weighted by Crippen LogP contribution is 2.39. The molecule has 174 valence electrons. The number of hydrogen-bond acceptors (Lipinski definition) is 4. The van der Waals surface area contributed by atoms with Gasteiger partial charge in [-0.15, -0.1) is 0 Å². The summed E-state index contributed by atoms with van der Waals surface area (Å²) in [5, 5.41) is 0. The Morgan fingerprint density at radius 2 is 1.38 bits per heavy atom. The summed E-state index contributed by atoms with van der Waals surface area (Å²) in [5.74, 6) is 0.308. The van der Waals surface area contributed by atoms with Crippen LogP contribution in [0.5, 0.6) is 11.5 Å². The number of fused-ring (bicyclic) bond motifs is 1. The van der Waals surface area contributed by atoms with Crippen molar-refractivity contribution in [2.45, 2.75) is 32.0 Å². The maximum absolute atomic E-state index is 13.7. The lowest BCUT2D eigenvalue weighted by atomic mass is 10.00. The molecule has 0 unspecified atom stereocenters. The molecule has 0 atom stereocenters. The molecular weight excluding hydrogens is 452 g/mol. The van der Waals surface area contributed by atoms with Gasteiger partial charge in [0, 0.05) is 29.6 Å². The van der Waals surface area contributed by atoms with E-state index in [-0.39, 0.29) is 16.9 Å². The zero-order chi connectivity index (χ0) is 23.8. The average Bonchev–Trinajstić information content (AvgIpc) is 3.65. The van der Waals surface area contributed by atoms with Crippen molar-refractivity contribution in [3.8, 4) is 33.8 Å². The molecule has 0 aliphatic heterocycles. The molecule has 0 radical (unpaired) electrons. The molecule has 0 amide bonds. The van der Waals surface area contributed by atoms with Crippen molar-refractivity contribution in [3.05, 3.63) is 82.9 Å². The van der Waals surface area contributed by atoms with Gasteiger partial charge in [-0.25, -0.2) is 4.98 Å². The van der Waals surface area contributed by atoms with Crippen molar-refractivity contribution in [2.75, 3.05) is 0 Å². The van der Waals surface area contributed by atoms with Gasteiger partial charge in [-0.2, -0.15) is 17.6 Å². The van der Waals surface area contributed by atoms with Crippen LogP contribution < -0.4 is 14.9 Å². The Labute approximate surface area is 191 Å². The first kappa shape index (κ1) is 21.9. The number of benzene rings is 2. The first-order valence-corrected chi connectivity index (χ1v) is 10.6. The van der Waals surface area contributed by atoms with E-state index in [2.05, 4.69) is 9.47 Å². The van der Waals surface area contributed by atoms with E-state index in [1.807, 2.05) is 12.3 Å². The zero-order valence-corrected chi connectivity index (χ0v) is 17.6. The Kier molecular flexibility index (Phi) is 5.69. The zero-order valence-electron chi connectivity index (χ0n) is 17.6. The molecule has 4 aromatic rings. The molecule has 1 aliphatic rings. The predicted molar refractivity (Wildman–Crippen MR) is 118 cm³/mol. The minimum absolute atomic E-state index is 0.0229. The highest BCUT2D eigenvalue weighted by molar-refractivity contribution is 5.82. The monoisotopic (exact) mass is 470 g/mol. The molecule has 9 heteroatoms. The molecule has 0 bridgehead atoms. The van der Waals surface area contributed by atoms with Crippen LogP contribution in [0.15, 0.2) is 71.8 Å². The average molecular weight is 470 g/mol. The van der Waals surface area contributed by atoms with E-state index >= 15 is 0 Å². The lowest BCUT2D eigenvalue weighted by molar-refractivity contribution is -0.0505. The van der Waals surface area contributed by atoms with Crippen LogP contribution in [0.25, 0.3) is 27.9 Å². The highest BCUT2D eigenvalue weighted by Gasteiger charge is 2.26. The highest BCUT2D eigenvalue weighted by atomic mass is 19.3. The third-order valence-electron chi connectivity index (χ3n) is 5.60. The van der Waals surface area contributed by atoms with Crippen LogP contribution in [0.4, 0.5) is 17.6 Å². The normalized spacial score (nSPS) is 13.6. The van der Waals surface area contributed by atoms with Gasteiger partial charge in [0.2, 0.25) is 0 Å². The Morgan fingerprint density at radius 1 is 0.824 bits per heavy atom. The van der Waals surface area contributed by atoms with Crippen LogP contribution in [0.1, 0.15) is 24.5 Å². The van der Waals surface area contributed by atoms with Crippen molar-refractivity contribution in [1.29, 1.82) is 0 Å². The molecule has 5 nitrogen and oxygen atoms in total. The largest absolute Gasteiger partial charge is 0.435 e. The van der Waals surface area contributed by atoms with Crippen LogP contribution >= 0.6 is 0 Å². The molecule has 2 heterocycles. The van der Waals surface area contributed by atoms with Gasteiger partial charge >= 0.3 is 13.2 Å². The van der Waals surface area contributed by atoms with Gasteiger partial charge in [-0.3, -0.25) is 4.79 Å². The molecule has 1 aliphatic carbocycles. The second-order valence-corrected chi connectivity index (χ2v) is 7.91. The van der Waals surface area contributed by atoms with Crippen molar-refractivity contribution in [3.63, 3.8) is 0 Å². The predicted octanol–water partition coefficient (Wildman–Crippen LogP) is 6.11. The Balaban J connectivity index is 1.66. The van der Waals surface area contributed by atoms with Gasteiger partial charge in [-0.1, -0.05) is 24.3 Å². The summed E-state index contributed by atoms with van der Waals surface area (Å²) < 4.78 is 60.6. The van der Waals surface area contributed by atoms with Crippen LogP contribution in [-0.4, -0.2) is 22.6 Å². The summed E-state index contributed by atoms with van der Waals surface area (Å²) in [6.45, 7) is -5.91. The van der Waals surface area contributed by atoms with Crippen LogP contribution in [0.3, 0.4) is 0 Å². The quantitative estimate of drug-likeness (QED) is 0.306. The molecule has 34 heavy (non-hydrogen) atoms. The molecule has 1 fully saturated rings. The standard InChI is InChI=1S/C25H18F4N2O3/c26-24(27)33-17-7-3-14(4-8-17)19-13-31-12-11-20(15-1-2-15)30-23(31)21(22(19)32)16-5-9-18(10-6-16)34-25(28)29/h3-13,15,24-25H,1-2H2. The van der Waals surface area contributed by atoms with Gasteiger partial charge < -0.3 is 13.9 Å².